The van der Waals surface area contributed by atoms with Crippen molar-refractivity contribution in [2.45, 2.75) is 13.5 Å². The van der Waals surface area contributed by atoms with Gasteiger partial charge < -0.3 is 5.32 Å². The predicted octanol–water partition coefficient (Wildman–Crippen LogP) is 4.62. The summed E-state index contributed by atoms with van der Waals surface area (Å²) in [7, 11) is 0. The van der Waals surface area contributed by atoms with Gasteiger partial charge in [-0.05, 0) is 41.6 Å². The van der Waals surface area contributed by atoms with Gasteiger partial charge in [0.15, 0.2) is 5.82 Å². The molecule has 2 heterocycles. The van der Waals surface area contributed by atoms with Crippen molar-refractivity contribution in [2.75, 3.05) is 5.32 Å². The van der Waals surface area contributed by atoms with Crippen molar-refractivity contribution in [2.24, 2.45) is 0 Å². The van der Waals surface area contributed by atoms with Gasteiger partial charge in [0.2, 0.25) is 5.95 Å². The molecule has 0 radical (unpaired) electrons. The molecular formula is C21H18N4OS. The molecule has 2 aromatic carbocycles. The van der Waals surface area contributed by atoms with E-state index in [-0.39, 0.29) is 5.91 Å². The molecule has 0 amide bonds. The minimum Gasteiger partial charge on any atom is -0.350 e. The molecule has 0 fully saturated rings. The summed E-state index contributed by atoms with van der Waals surface area (Å²) in [6.07, 6.45) is 0. The smallest absolute Gasteiger partial charge is 0.281 e. The first-order valence-corrected chi connectivity index (χ1v) is 9.49. The van der Waals surface area contributed by atoms with Gasteiger partial charge in [-0.25, -0.2) is 0 Å². The van der Waals surface area contributed by atoms with E-state index in [2.05, 4.69) is 34.5 Å². The van der Waals surface area contributed by atoms with Crippen molar-refractivity contribution in [3.8, 4) is 10.7 Å². The summed E-state index contributed by atoms with van der Waals surface area (Å²) in [5.74, 6) is 0.773. The van der Waals surface area contributed by atoms with Gasteiger partial charge >= 0.3 is 0 Å². The van der Waals surface area contributed by atoms with Crippen LogP contribution in [0.25, 0.3) is 10.7 Å². The monoisotopic (exact) mass is 374 g/mol. The number of aryl methyl sites for hydroxylation is 1. The van der Waals surface area contributed by atoms with Crippen LogP contribution in [0.5, 0.6) is 0 Å². The molecule has 2 aromatic heterocycles. The van der Waals surface area contributed by atoms with Gasteiger partial charge in [0, 0.05) is 12.1 Å². The summed E-state index contributed by atoms with van der Waals surface area (Å²) in [4.78, 5) is 18.5. The molecule has 0 spiro atoms. The standard InChI is InChI=1S/C21H18N4OS/c1-15-8-5-6-11-17(15)14-22-21-23-19(18-12-7-13-27-18)24-25(21)20(26)16-9-3-2-4-10-16/h2-13H,14H2,1H3,(H,22,23,24). The van der Waals surface area contributed by atoms with Gasteiger partial charge in [-0.1, -0.05) is 48.5 Å². The molecular weight excluding hydrogens is 356 g/mol. The number of hydrogen-bond donors (Lipinski definition) is 1. The molecule has 4 aromatic rings. The normalized spacial score (nSPS) is 10.7. The Kier molecular flexibility index (Phi) is 4.80. The molecule has 0 atom stereocenters. The molecule has 0 saturated carbocycles. The molecule has 6 heteroatoms. The Labute approximate surface area is 161 Å². The Morgan fingerprint density at radius 1 is 1.04 bits per heavy atom. The second-order valence-electron chi connectivity index (χ2n) is 6.10. The largest absolute Gasteiger partial charge is 0.350 e. The van der Waals surface area contributed by atoms with Crippen LogP contribution in [0.15, 0.2) is 72.1 Å². The predicted molar refractivity (Wildman–Crippen MR) is 108 cm³/mol. The van der Waals surface area contributed by atoms with Gasteiger partial charge in [0.05, 0.1) is 4.88 Å². The van der Waals surface area contributed by atoms with Crippen molar-refractivity contribution >= 4 is 23.2 Å². The highest BCUT2D eigenvalue weighted by Gasteiger charge is 2.19. The molecule has 0 saturated heterocycles. The Balaban J connectivity index is 1.68. The Bertz CT molecular complexity index is 1060. The molecule has 0 aliphatic rings. The van der Waals surface area contributed by atoms with Crippen molar-refractivity contribution in [1.29, 1.82) is 0 Å². The van der Waals surface area contributed by atoms with Gasteiger partial charge in [-0.3, -0.25) is 4.79 Å². The number of hydrogen-bond acceptors (Lipinski definition) is 5. The van der Waals surface area contributed by atoms with E-state index < -0.39 is 0 Å². The van der Waals surface area contributed by atoms with E-state index in [0.717, 1.165) is 10.4 Å². The van der Waals surface area contributed by atoms with Crippen LogP contribution in [0.3, 0.4) is 0 Å². The Morgan fingerprint density at radius 3 is 2.56 bits per heavy atom. The number of aromatic nitrogens is 3. The fraction of sp³-hybridized carbons (Fsp3) is 0.0952. The van der Waals surface area contributed by atoms with Crippen LogP contribution in [0.4, 0.5) is 5.95 Å². The Hall–Kier alpha value is -3.25. The molecule has 134 valence electrons. The molecule has 0 bridgehead atoms. The lowest BCUT2D eigenvalue weighted by atomic mass is 10.1. The maximum Gasteiger partial charge on any atom is 0.281 e. The highest BCUT2D eigenvalue weighted by molar-refractivity contribution is 7.13. The molecule has 0 unspecified atom stereocenters. The summed E-state index contributed by atoms with van der Waals surface area (Å²) < 4.78 is 1.35. The topological polar surface area (TPSA) is 59.8 Å². The number of rotatable bonds is 5. The summed E-state index contributed by atoms with van der Waals surface area (Å²) in [5, 5.41) is 9.71. The third-order valence-electron chi connectivity index (χ3n) is 4.26. The second-order valence-corrected chi connectivity index (χ2v) is 7.05. The first-order chi connectivity index (χ1) is 13.2. The number of nitrogens with one attached hydrogen (secondary N) is 1. The van der Waals surface area contributed by atoms with Crippen LogP contribution >= 0.6 is 11.3 Å². The first-order valence-electron chi connectivity index (χ1n) is 8.61. The van der Waals surface area contributed by atoms with E-state index >= 15 is 0 Å². The third-order valence-corrected chi connectivity index (χ3v) is 5.13. The third kappa shape index (κ3) is 3.66. The van der Waals surface area contributed by atoms with E-state index in [1.807, 2.05) is 47.8 Å². The van der Waals surface area contributed by atoms with E-state index in [0.29, 0.717) is 23.9 Å². The average Bonchev–Trinajstić information content (AvgIpc) is 3.37. The highest BCUT2D eigenvalue weighted by Crippen LogP contribution is 2.24. The quantitative estimate of drug-likeness (QED) is 0.554. The van der Waals surface area contributed by atoms with Crippen LogP contribution in [-0.4, -0.2) is 20.7 Å². The van der Waals surface area contributed by atoms with E-state index in [1.165, 1.54) is 10.2 Å². The van der Waals surface area contributed by atoms with E-state index in [4.69, 9.17) is 0 Å². The van der Waals surface area contributed by atoms with E-state index in [1.54, 1.807) is 23.5 Å². The highest BCUT2D eigenvalue weighted by atomic mass is 32.1. The zero-order chi connectivity index (χ0) is 18.6. The summed E-state index contributed by atoms with van der Waals surface area (Å²) >= 11 is 1.55. The van der Waals surface area contributed by atoms with Gasteiger partial charge in [-0.15, -0.1) is 16.4 Å². The minimum atomic E-state index is -0.210. The van der Waals surface area contributed by atoms with Crippen molar-refractivity contribution in [3.05, 3.63) is 88.8 Å². The van der Waals surface area contributed by atoms with Gasteiger partial charge in [0.1, 0.15) is 0 Å². The summed E-state index contributed by atoms with van der Waals surface area (Å²) in [6, 6.07) is 21.1. The minimum absolute atomic E-state index is 0.210. The zero-order valence-electron chi connectivity index (χ0n) is 14.8. The number of carbonyl (C=O) groups excluding carboxylic acids is 1. The average molecular weight is 374 g/mol. The van der Waals surface area contributed by atoms with Crippen molar-refractivity contribution in [3.63, 3.8) is 0 Å². The zero-order valence-corrected chi connectivity index (χ0v) is 15.6. The SMILES string of the molecule is Cc1ccccc1CNc1nc(-c2cccs2)nn1C(=O)c1ccccc1. The summed E-state index contributed by atoms with van der Waals surface area (Å²) in [6.45, 7) is 2.63. The summed E-state index contributed by atoms with van der Waals surface area (Å²) in [5.41, 5.74) is 2.90. The van der Waals surface area contributed by atoms with Crippen LogP contribution in [0.2, 0.25) is 0 Å². The lowest BCUT2D eigenvalue weighted by Crippen LogP contribution is -2.17. The molecule has 4 rings (SSSR count). The van der Waals surface area contributed by atoms with Crippen LogP contribution < -0.4 is 5.32 Å². The first kappa shape index (κ1) is 17.2. The molecule has 27 heavy (non-hydrogen) atoms. The van der Waals surface area contributed by atoms with Crippen LogP contribution in [0.1, 0.15) is 21.5 Å². The number of nitrogens with zero attached hydrogens (tertiary/aromatic N) is 3. The maximum atomic E-state index is 13.0. The molecule has 0 aliphatic heterocycles. The van der Waals surface area contributed by atoms with Gasteiger partial charge in [0.25, 0.3) is 5.91 Å². The van der Waals surface area contributed by atoms with Gasteiger partial charge in [-0.2, -0.15) is 9.67 Å². The van der Waals surface area contributed by atoms with E-state index in [9.17, 15) is 4.79 Å². The van der Waals surface area contributed by atoms with Crippen molar-refractivity contribution in [1.82, 2.24) is 14.8 Å². The van der Waals surface area contributed by atoms with Crippen LogP contribution in [0, 0.1) is 6.92 Å². The molecule has 1 N–H and O–H groups in total. The number of anilines is 1. The fourth-order valence-corrected chi connectivity index (χ4v) is 3.42. The number of benzene rings is 2. The lowest BCUT2D eigenvalue weighted by Gasteiger charge is -2.09. The number of thiophene rings is 1. The fourth-order valence-electron chi connectivity index (χ4n) is 2.76. The number of carbonyl (C=O) groups is 1. The van der Waals surface area contributed by atoms with Crippen LogP contribution in [-0.2, 0) is 6.54 Å². The Morgan fingerprint density at radius 2 is 1.81 bits per heavy atom. The molecule has 0 aliphatic carbocycles. The van der Waals surface area contributed by atoms with Crippen molar-refractivity contribution < 1.29 is 4.79 Å². The second kappa shape index (κ2) is 7.55. The molecule has 5 nitrogen and oxygen atoms in total. The maximum absolute atomic E-state index is 13.0. The lowest BCUT2D eigenvalue weighted by molar-refractivity contribution is 0.0947.